The number of ether oxygens (including phenoxy) is 5. The van der Waals surface area contributed by atoms with Gasteiger partial charge in [0.15, 0.2) is 17.9 Å². The lowest BCUT2D eigenvalue weighted by molar-refractivity contribution is -0.232. The third-order valence-corrected chi connectivity index (χ3v) is 5.54. The van der Waals surface area contributed by atoms with Crippen molar-refractivity contribution in [2.75, 3.05) is 6.54 Å². The molecule has 3 heterocycles. The lowest BCUT2D eigenvalue weighted by Crippen LogP contribution is -2.57. The van der Waals surface area contributed by atoms with Gasteiger partial charge >= 0.3 is 0 Å². The van der Waals surface area contributed by atoms with Crippen molar-refractivity contribution in [1.29, 1.82) is 0 Å². The fraction of sp³-hybridized carbons (Fsp3) is 0.632. The maximum Gasteiger partial charge on any atom is 0.251 e. The first-order chi connectivity index (χ1) is 12.6. The number of halogens is 1. The molecular formula is C19H24INO6. The molecule has 0 bridgehead atoms. The molecule has 3 aliphatic heterocycles. The fourth-order valence-electron chi connectivity index (χ4n) is 3.75. The minimum Gasteiger partial charge on any atom is -0.349 e. The quantitative estimate of drug-likeness (QED) is 0.658. The lowest BCUT2D eigenvalue weighted by Gasteiger charge is -2.37. The molecule has 8 heteroatoms. The summed E-state index contributed by atoms with van der Waals surface area (Å²) < 4.78 is 31.1. The van der Waals surface area contributed by atoms with E-state index in [1.54, 1.807) is 12.1 Å². The average molecular weight is 489 g/mol. The molecule has 27 heavy (non-hydrogen) atoms. The van der Waals surface area contributed by atoms with Crippen molar-refractivity contribution in [3.8, 4) is 0 Å². The second-order valence-corrected chi connectivity index (χ2v) is 9.17. The van der Waals surface area contributed by atoms with Crippen LogP contribution in [-0.2, 0) is 23.7 Å². The van der Waals surface area contributed by atoms with Crippen molar-refractivity contribution in [2.45, 2.75) is 70.0 Å². The van der Waals surface area contributed by atoms with Crippen LogP contribution in [0.4, 0.5) is 0 Å². The van der Waals surface area contributed by atoms with E-state index >= 15 is 0 Å². The summed E-state index contributed by atoms with van der Waals surface area (Å²) in [5.41, 5.74) is 0.603. The molecule has 1 N–H and O–H groups in total. The van der Waals surface area contributed by atoms with Gasteiger partial charge in [-0.2, -0.15) is 0 Å². The van der Waals surface area contributed by atoms with Crippen LogP contribution in [0, 0.1) is 3.57 Å². The van der Waals surface area contributed by atoms with E-state index in [0.29, 0.717) is 12.1 Å². The van der Waals surface area contributed by atoms with Gasteiger partial charge in [-0.05, 0) is 74.6 Å². The highest BCUT2D eigenvalue weighted by atomic mass is 127. The second-order valence-electron chi connectivity index (χ2n) is 7.92. The summed E-state index contributed by atoms with van der Waals surface area (Å²) in [6.07, 6.45) is -1.99. The first kappa shape index (κ1) is 19.5. The van der Waals surface area contributed by atoms with Gasteiger partial charge in [0.2, 0.25) is 0 Å². The van der Waals surface area contributed by atoms with Crippen molar-refractivity contribution in [1.82, 2.24) is 5.32 Å². The summed E-state index contributed by atoms with van der Waals surface area (Å²) in [4.78, 5) is 12.5. The number of amides is 1. The zero-order valence-corrected chi connectivity index (χ0v) is 17.9. The molecule has 4 rings (SSSR count). The fourth-order valence-corrected chi connectivity index (χ4v) is 4.11. The molecule has 3 saturated heterocycles. The Hall–Kier alpha value is -0.780. The number of carbonyl (C=O) groups is 1. The zero-order chi connectivity index (χ0) is 19.4. The van der Waals surface area contributed by atoms with Crippen LogP contribution in [0.15, 0.2) is 24.3 Å². The number of nitrogens with one attached hydrogen (secondary N) is 1. The minimum absolute atomic E-state index is 0.157. The van der Waals surface area contributed by atoms with Gasteiger partial charge in [0, 0.05) is 15.7 Å². The Morgan fingerprint density at radius 2 is 1.56 bits per heavy atom. The second kappa shape index (κ2) is 6.93. The van der Waals surface area contributed by atoms with Crippen molar-refractivity contribution in [3.63, 3.8) is 0 Å². The summed E-state index contributed by atoms with van der Waals surface area (Å²) in [7, 11) is 0. The third-order valence-electron chi connectivity index (χ3n) is 4.82. The third kappa shape index (κ3) is 4.01. The molecule has 0 saturated carbocycles. The van der Waals surface area contributed by atoms with E-state index in [9.17, 15) is 4.79 Å². The van der Waals surface area contributed by atoms with Gasteiger partial charge in [0.1, 0.15) is 24.4 Å². The predicted octanol–water partition coefficient (Wildman–Crippen LogP) is 2.42. The Kier molecular flexibility index (Phi) is 5.01. The first-order valence-electron chi connectivity index (χ1n) is 9.04. The number of carbonyl (C=O) groups excluding carboxylic acids is 1. The van der Waals surface area contributed by atoms with Crippen LogP contribution in [0.2, 0.25) is 0 Å². The molecule has 0 spiro atoms. The molecule has 3 aliphatic rings. The standard InChI is InChI=1S/C19H24INO6/c1-18(2)24-13-12(9-21-16(22)10-5-7-11(20)8-6-10)23-17-15(14(13)25-18)26-19(3,4)27-17/h5-8,12-15,17H,9H2,1-4H3,(H,21,22)/t12-,13+,14+,15-,17-/m1/s1. The van der Waals surface area contributed by atoms with Crippen LogP contribution in [0.25, 0.3) is 0 Å². The molecule has 1 amide bonds. The van der Waals surface area contributed by atoms with Crippen molar-refractivity contribution in [3.05, 3.63) is 33.4 Å². The molecule has 0 unspecified atom stereocenters. The van der Waals surface area contributed by atoms with Gasteiger partial charge < -0.3 is 29.0 Å². The van der Waals surface area contributed by atoms with E-state index in [-0.39, 0.29) is 24.2 Å². The summed E-state index contributed by atoms with van der Waals surface area (Å²) >= 11 is 2.21. The molecule has 0 aromatic heterocycles. The van der Waals surface area contributed by atoms with Gasteiger partial charge in [-0.3, -0.25) is 4.79 Å². The maximum absolute atomic E-state index is 12.5. The largest absolute Gasteiger partial charge is 0.349 e. The van der Waals surface area contributed by atoms with Crippen LogP contribution < -0.4 is 5.32 Å². The molecule has 7 nitrogen and oxygen atoms in total. The van der Waals surface area contributed by atoms with Crippen LogP contribution in [0.3, 0.4) is 0 Å². The first-order valence-corrected chi connectivity index (χ1v) is 10.1. The highest BCUT2D eigenvalue weighted by molar-refractivity contribution is 14.1. The molecule has 1 aromatic rings. The Bertz CT molecular complexity index is 721. The average Bonchev–Trinajstić information content (AvgIpc) is 3.07. The summed E-state index contributed by atoms with van der Waals surface area (Å²) in [5.74, 6) is -1.66. The van der Waals surface area contributed by atoms with Crippen LogP contribution in [0.5, 0.6) is 0 Å². The van der Waals surface area contributed by atoms with Crippen molar-refractivity contribution in [2.24, 2.45) is 0 Å². The minimum atomic E-state index is -0.755. The Balaban J connectivity index is 1.47. The number of hydrogen-bond donors (Lipinski definition) is 1. The zero-order valence-electron chi connectivity index (χ0n) is 15.7. The highest BCUT2D eigenvalue weighted by Gasteiger charge is 2.60. The van der Waals surface area contributed by atoms with E-state index in [0.717, 1.165) is 3.57 Å². The Morgan fingerprint density at radius 3 is 2.26 bits per heavy atom. The van der Waals surface area contributed by atoms with E-state index in [1.165, 1.54) is 0 Å². The van der Waals surface area contributed by atoms with Gasteiger partial charge in [-0.25, -0.2) is 0 Å². The topological polar surface area (TPSA) is 75.3 Å². The molecule has 0 radical (unpaired) electrons. The maximum atomic E-state index is 12.5. The number of benzene rings is 1. The van der Waals surface area contributed by atoms with Gasteiger partial charge in [-0.15, -0.1) is 0 Å². The Morgan fingerprint density at radius 1 is 0.963 bits per heavy atom. The normalized spacial score (nSPS) is 36.1. The van der Waals surface area contributed by atoms with Gasteiger partial charge in [-0.1, -0.05) is 0 Å². The van der Waals surface area contributed by atoms with Gasteiger partial charge in [0.05, 0.1) is 0 Å². The lowest BCUT2D eigenvalue weighted by atomic mass is 9.99. The van der Waals surface area contributed by atoms with E-state index < -0.39 is 24.0 Å². The number of fused-ring (bicyclic) bond motifs is 3. The van der Waals surface area contributed by atoms with Crippen LogP contribution >= 0.6 is 22.6 Å². The highest BCUT2D eigenvalue weighted by Crippen LogP contribution is 2.43. The van der Waals surface area contributed by atoms with Gasteiger partial charge in [0.25, 0.3) is 5.91 Å². The number of rotatable bonds is 3. The molecule has 3 fully saturated rings. The van der Waals surface area contributed by atoms with E-state index in [1.807, 2.05) is 39.8 Å². The predicted molar refractivity (Wildman–Crippen MR) is 104 cm³/mol. The monoisotopic (exact) mass is 489 g/mol. The number of hydrogen-bond acceptors (Lipinski definition) is 6. The molecular weight excluding hydrogens is 465 g/mol. The van der Waals surface area contributed by atoms with Crippen LogP contribution in [0.1, 0.15) is 38.1 Å². The molecule has 1 aromatic carbocycles. The van der Waals surface area contributed by atoms with Crippen molar-refractivity contribution >= 4 is 28.5 Å². The van der Waals surface area contributed by atoms with Crippen molar-refractivity contribution < 1.29 is 28.5 Å². The summed E-state index contributed by atoms with van der Waals surface area (Å²) in [6, 6.07) is 7.39. The SMILES string of the molecule is CC1(C)O[C@H]2[C@@H](O1)[C@@H](CNC(=O)c1ccc(I)cc1)O[C@@H]1OC(C)(C)O[C@@H]12. The van der Waals surface area contributed by atoms with E-state index in [2.05, 4.69) is 27.9 Å². The molecule has 5 atom stereocenters. The molecule has 0 aliphatic carbocycles. The van der Waals surface area contributed by atoms with Crippen LogP contribution in [-0.4, -0.2) is 54.7 Å². The summed E-state index contributed by atoms with van der Waals surface area (Å²) in [5, 5.41) is 2.93. The summed E-state index contributed by atoms with van der Waals surface area (Å²) in [6.45, 7) is 7.71. The smallest absolute Gasteiger partial charge is 0.251 e. The van der Waals surface area contributed by atoms with E-state index in [4.69, 9.17) is 23.7 Å². The molecule has 148 valence electrons. The Labute approximate surface area is 172 Å².